The number of nitrogens with zero attached hydrogens (tertiary/aromatic N) is 1. The highest BCUT2D eigenvalue weighted by atomic mass is 16.3. The summed E-state index contributed by atoms with van der Waals surface area (Å²) in [5.74, 6) is -0.895. The quantitative estimate of drug-likeness (QED) is 0.544. The van der Waals surface area contributed by atoms with E-state index in [1.807, 2.05) is 0 Å². The van der Waals surface area contributed by atoms with Crippen molar-refractivity contribution in [1.82, 2.24) is 4.57 Å². The highest BCUT2D eigenvalue weighted by Gasteiger charge is 2.19. The summed E-state index contributed by atoms with van der Waals surface area (Å²) in [6, 6.07) is 8.05. The molecule has 1 aliphatic heterocycles. The van der Waals surface area contributed by atoms with E-state index in [9.17, 15) is 29.4 Å². The first-order valence-corrected chi connectivity index (χ1v) is 7.35. The molecule has 0 bridgehead atoms. The number of aliphatic hydroxyl groups excluding tert-OH is 2. The van der Waals surface area contributed by atoms with Crippen molar-refractivity contribution in [2.24, 2.45) is 0 Å². The van der Waals surface area contributed by atoms with Gasteiger partial charge < -0.3 is 10.2 Å². The molecule has 126 valence electrons. The zero-order valence-electron chi connectivity index (χ0n) is 13.4. The van der Waals surface area contributed by atoms with Crippen molar-refractivity contribution in [3.05, 3.63) is 92.4 Å². The van der Waals surface area contributed by atoms with Gasteiger partial charge >= 0.3 is 5.56 Å². The summed E-state index contributed by atoms with van der Waals surface area (Å²) >= 11 is 0. The Labute approximate surface area is 139 Å². The molecule has 0 aromatic heterocycles. The third-order valence-corrected chi connectivity index (χ3v) is 3.97. The summed E-state index contributed by atoms with van der Waals surface area (Å²) in [6.45, 7) is 2.42. The van der Waals surface area contributed by atoms with Crippen LogP contribution in [0.25, 0.3) is 17.2 Å². The van der Waals surface area contributed by atoms with Gasteiger partial charge in [0.1, 0.15) is 11.0 Å². The Kier molecular flexibility index (Phi) is 3.64. The number of aliphatic hydroxyl groups is 2. The van der Waals surface area contributed by atoms with Crippen molar-refractivity contribution in [2.75, 3.05) is 0 Å². The lowest BCUT2D eigenvalue weighted by atomic mass is 10.1. The third kappa shape index (κ3) is 2.20. The molecule has 7 nitrogen and oxygen atoms in total. The molecule has 0 saturated heterocycles. The summed E-state index contributed by atoms with van der Waals surface area (Å²) in [5.41, 5.74) is -4.15. The summed E-state index contributed by atoms with van der Waals surface area (Å²) in [7, 11) is 0. The molecule has 0 radical (unpaired) electrons. The van der Waals surface area contributed by atoms with E-state index in [-0.39, 0.29) is 10.6 Å². The molecule has 0 unspecified atom stereocenters. The second kappa shape index (κ2) is 5.55. The largest absolute Gasteiger partial charge is 0.512 e. The van der Waals surface area contributed by atoms with Crippen LogP contribution < -0.4 is 32.3 Å². The predicted octanol–water partition coefficient (Wildman–Crippen LogP) is -1.11. The first-order valence-electron chi connectivity index (χ1n) is 7.35. The number of aromatic nitrogens is 1. The van der Waals surface area contributed by atoms with Crippen LogP contribution >= 0.6 is 0 Å². The Morgan fingerprint density at radius 2 is 1.36 bits per heavy atom. The van der Waals surface area contributed by atoms with Gasteiger partial charge in [-0.05, 0) is 26.0 Å². The Morgan fingerprint density at radius 3 is 1.88 bits per heavy atom. The van der Waals surface area contributed by atoms with Crippen molar-refractivity contribution < 1.29 is 10.2 Å². The summed E-state index contributed by atoms with van der Waals surface area (Å²) in [5, 5.41) is 18.5. The summed E-state index contributed by atoms with van der Waals surface area (Å²) < 4.78 is 0.972. The lowest BCUT2D eigenvalue weighted by molar-refractivity contribution is 0.489. The van der Waals surface area contributed by atoms with E-state index in [1.54, 1.807) is 30.3 Å². The van der Waals surface area contributed by atoms with Gasteiger partial charge in [-0.25, -0.2) is 0 Å². The van der Waals surface area contributed by atoms with Crippen molar-refractivity contribution in [1.29, 1.82) is 0 Å². The number of para-hydroxylation sites is 1. The molecule has 3 rings (SSSR count). The van der Waals surface area contributed by atoms with Gasteiger partial charge in [0.05, 0.1) is 21.5 Å². The van der Waals surface area contributed by atoms with Crippen LogP contribution in [0.5, 0.6) is 0 Å². The number of rotatable bonds is 1. The molecular weight excluding hydrogens is 326 g/mol. The van der Waals surface area contributed by atoms with Gasteiger partial charge in [-0.2, -0.15) is 0 Å². The molecule has 1 aromatic rings. The van der Waals surface area contributed by atoms with E-state index >= 15 is 0 Å². The van der Waals surface area contributed by atoms with Crippen molar-refractivity contribution in [3.63, 3.8) is 0 Å². The van der Waals surface area contributed by atoms with E-state index in [1.165, 1.54) is 13.8 Å². The van der Waals surface area contributed by atoms with E-state index < -0.39 is 43.8 Å². The maximum atomic E-state index is 12.5. The molecule has 1 aromatic carbocycles. The Morgan fingerprint density at radius 1 is 0.800 bits per heavy atom. The molecule has 0 amide bonds. The van der Waals surface area contributed by atoms with E-state index in [0.29, 0.717) is 5.69 Å². The first-order chi connectivity index (χ1) is 11.8. The average molecular weight is 339 g/mol. The van der Waals surface area contributed by atoms with Crippen LogP contribution in [0.3, 0.4) is 0 Å². The fourth-order valence-corrected chi connectivity index (χ4v) is 2.96. The molecule has 1 aliphatic carbocycles. The molecule has 2 aliphatic rings. The van der Waals surface area contributed by atoms with Crippen LogP contribution in [-0.4, -0.2) is 14.8 Å². The van der Waals surface area contributed by atoms with E-state index in [0.717, 1.165) is 4.57 Å². The molecule has 2 N–H and O–H groups in total. The summed E-state index contributed by atoms with van der Waals surface area (Å²) in [4.78, 5) is 49.4. The van der Waals surface area contributed by atoms with Gasteiger partial charge in [0.15, 0.2) is 0 Å². The summed E-state index contributed by atoms with van der Waals surface area (Å²) in [6.07, 6.45) is 0. The molecule has 0 fully saturated rings. The Bertz CT molecular complexity index is 1380. The molecule has 0 spiro atoms. The van der Waals surface area contributed by atoms with Crippen LogP contribution in [0.2, 0.25) is 0 Å². The fourth-order valence-electron chi connectivity index (χ4n) is 2.96. The number of benzene rings is 1. The Hall–Kier alpha value is -3.48. The number of hydrogen-bond donors (Lipinski definition) is 2. The van der Waals surface area contributed by atoms with Gasteiger partial charge in [-0.3, -0.25) is 23.7 Å². The maximum Gasteiger partial charge on any atom is 0.304 e. The second-order valence-corrected chi connectivity index (χ2v) is 5.61. The normalized spacial score (nSPS) is 13.8. The minimum Gasteiger partial charge on any atom is -0.512 e. The van der Waals surface area contributed by atoms with Gasteiger partial charge in [-0.1, -0.05) is 18.2 Å². The zero-order valence-corrected chi connectivity index (χ0v) is 13.4. The standard InChI is InChI=1S/C18H13NO6/c1-8(20)11-12(9(2)21)15(22)16(23)13-14(11)19(18(25)17(13)24)10-6-4-3-5-7-10/h3-7,20-21H,1-2H3/b11-8-,12-9+. The van der Waals surface area contributed by atoms with Gasteiger partial charge in [0.25, 0.3) is 5.43 Å². The minimum atomic E-state index is -1.18. The molecular formula is C18H13NO6. The van der Waals surface area contributed by atoms with Crippen LogP contribution in [0.15, 0.2) is 49.5 Å². The predicted molar refractivity (Wildman–Crippen MR) is 91.2 cm³/mol. The fraction of sp³-hybridized carbons (Fsp3) is 0.111. The average Bonchev–Trinajstić information content (AvgIpc) is 2.82. The van der Waals surface area contributed by atoms with Crippen LogP contribution in [0.4, 0.5) is 0 Å². The lowest BCUT2D eigenvalue weighted by Crippen LogP contribution is -2.51. The molecule has 0 atom stereocenters. The van der Waals surface area contributed by atoms with Gasteiger partial charge in [0, 0.05) is 5.69 Å². The molecule has 0 saturated carbocycles. The van der Waals surface area contributed by atoms with Gasteiger partial charge in [-0.15, -0.1) is 0 Å². The number of hydrogen-bond acceptors (Lipinski definition) is 6. The van der Waals surface area contributed by atoms with E-state index in [2.05, 4.69) is 0 Å². The minimum absolute atomic E-state index is 0.186. The molecule has 25 heavy (non-hydrogen) atoms. The van der Waals surface area contributed by atoms with Crippen LogP contribution in [-0.2, 0) is 0 Å². The van der Waals surface area contributed by atoms with Crippen molar-refractivity contribution in [2.45, 2.75) is 13.8 Å². The first kappa shape index (κ1) is 16.4. The van der Waals surface area contributed by atoms with E-state index in [4.69, 9.17) is 0 Å². The highest BCUT2D eigenvalue weighted by molar-refractivity contribution is 5.43. The van der Waals surface area contributed by atoms with Crippen molar-refractivity contribution >= 4 is 11.5 Å². The molecule has 7 heteroatoms. The van der Waals surface area contributed by atoms with Crippen LogP contribution in [0, 0.1) is 10.6 Å². The third-order valence-electron chi connectivity index (χ3n) is 3.97. The lowest BCUT2D eigenvalue weighted by Gasteiger charge is -2.04. The smallest absolute Gasteiger partial charge is 0.304 e. The van der Waals surface area contributed by atoms with Gasteiger partial charge in [0.2, 0.25) is 10.9 Å². The van der Waals surface area contributed by atoms with Crippen LogP contribution in [0.1, 0.15) is 13.8 Å². The topological polar surface area (TPSA) is 114 Å². The highest BCUT2D eigenvalue weighted by Crippen LogP contribution is 2.03. The molecule has 1 heterocycles. The zero-order chi connectivity index (χ0) is 18.5. The van der Waals surface area contributed by atoms with Crippen molar-refractivity contribution in [3.8, 4) is 5.69 Å². The monoisotopic (exact) mass is 339 g/mol. The maximum absolute atomic E-state index is 12.5. The second-order valence-electron chi connectivity index (χ2n) is 5.61. The Balaban J connectivity index is 2.97. The SMILES string of the molecule is C/C(O)=c1/c2n(-c3ccccc3)c(=O)c(=O)c=2c(=O)c(=O)/c1=C(\C)O.